The van der Waals surface area contributed by atoms with Gasteiger partial charge in [-0.15, -0.1) is 11.3 Å². The van der Waals surface area contributed by atoms with Crippen LogP contribution < -0.4 is 4.74 Å². The summed E-state index contributed by atoms with van der Waals surface area (Å²) in [5.41, 5.74) is 4.70. The van der Waals surface area contributed by atoms with Crippen molar-refractivity contribution in [2.24, 2.45) is 0 Å². The first-order valence-corrected chi connectivity index (χ1v) is 17.6. The summed E-state index contributed by atoms with van der Waals surface area (Å²) in [7, 11) is 0. The van der Waals surface area contributed by atoms with Gasteiger partial charge >= 0.3 is 23.9 Å². The van der Waals surface area contributed by atoms with E-state index in [1.54, 1.807) is 35.6 Å². The van der Waals surface area contributed by atoms with Crippen LogP contribution in [0, 0.1) is 0 Å². The normalized spacial score (nSPS) is 10.6. The second kappa shape index (κ2) is 20.3. The highest BCUT2D eigenvalue weighted by Gasteiger charge is 2.10. The molecule has 0 aliphatic carbocycles. The highest BCUT2D eigenvalue weighted by molar-refractivity contribution is 7.18. The number of esters is 4. The van der Waals surface area contributed by atoms with Crippen LogP contribution in [0.15, 0.2) is 110 Å². The Morgan fingerprint density at radius 1 is 0.520 bits per heavy atom. The van der Waals surface area contributed by atoms with Crippen molar-refractivity contribution in [1.29, 1.82) is 0 Å². The van der Waals surface area contributed by atoms with Gasteiger partial charge in [-0.1, -0.05) is 49.6 Å². The Labute approximate surface area is 297 Å². The average Bonchev–Trinajstić information content (AvgIpc) is 3.64. The van der Waals surface area contributed by atoms with Crippen molar-refractivity contribution in [3.05, 3.63) is 116 Å². The maximum absolute atomic E-state index is 12.5. The van der Waals surface area contributed by atoms with Crippen molar-refractivity contribution < 1.29 is 38.1 Å². The Kier molecular flexibility index (Phi) is 15.2. The molecule has 0 atom stereocenters. The van der Waals surface area contributed by atoms with Crippen molar-refractivity contribution in [2.45, 2.75) is 51.4 Å². The lowest BCUT2D eigenvalue weighted by molar-refractivity contribution is -0.138. The summed E-state index contributed by atoms with van der Waals surface area (Å²) < 4.78 is 20.8. The molecule has 0 saturated heterocycles. The molecule has 3 aromatic carbocycles. The Morgan fingerprint density at radius 3 is 1.48 bits per heavy atom. The van der Waals surface area contributed by atoms with Gasteiger partial charge in [0.15, 0.2) is 0 Å². The smallest absolute Gasteiger partial charge is 0.338 e. The van der Waals surface area contributed by atoms with Gasteiger partial charge in [-0.3, -0.25) is 4.79 Å². The van der Waals surface area contributed by atoms with Gasteiger partial charge in [0, 0.05) is 28.3 Å². The first-order valence-electron chi connectivity index (χ1n) is 16.7. The topological polar surface area (TPSA) is 105 Å². The van der Waals surface area contributed by atoms with Crippen molar-refractivity contribution in [3.63, 3.8) is 0 Å². The Balaban J connectivity index is 1.19. The van der Waals surface area contributed by atoms with Gasteiger partial charge < -0.3 is 18.9 Å². The molecule has 4 rings (SSSR count). The van der Waals surface area contributed by atoms with Crippen LogP contribution in [-0.4, -0.2) is 43.7 Å². The molecule has 0 aliphatic heterocycles. The van der Waals surface area contributed by atoms with Crippen molar-refractivity contribution >= 4 is 35.2 Å². The fourth-order valence-electron chi connectivity index (χ4n) is 4.96. The van der Waals surface area contributed by atoms with E-state index < -0.39 is 11.9 Å². The summed E-state index contributed by atoms with van der Waals surface area (Å²) in [4.78, 5) is 49.0. The van der Waals surface area contributed by atoms with Crippen LogP contribution in [0.2, 0.25) is 0 Å². The maximum Gasteiger partial charge on any atom is 0.338 e. The van der Waals surface area contributed by atoms with E-state index in [2.05, 4.69) is 49.6 Å². The van der Waals surface area contributed by atoms with Crippen LogP contribution in [0.3, 0.4) is 0 Å². The minimum absolute atomic E-state index is 0.289. The van der Waals surface area contributed by atoms with Crippen LogP contribution in [-0.2, 0) is 28.6 Å². The fraction of sp³-hybridized carbons (Fsp3) is 0.268. The second-order valence-corrected chi connectivity index (χ2v) is 12.5. The number of thiophene rings is 1. The predicted molar refractivity (Wildman–Crippen MR) is 196 cm³/mol. The van der Waals surface area contributed by atoms with E-state index in [1.807, 2.05) is 24.3 Å². The molecular formula is C41H42O8S. The monoisotopic (exact) mass is 694 g/mol. The van der Waals surface area contributed by atoms with Crippen molar-refractivity contribution in [2.75, 3.05) is 19.8 Å². The molecule has 9 heteroatoms. The molecule has 0 N–H and O–H groups in total. The predicted octanol–water partition coefficient (Wildman–Crippen LogP) is 9.39. The highest BCUT2D eigenvalue weighted by atomic mass is 32.1. The molecule has 50 heavy (non-hydrogen) atoms. The molecule has 0 aliphatic rings. The largest absolute Gasteiger partial charge is 0.463 e. The van der Waals surface area contributed by atoms with Crippen LogP contribution in [0.5, 0.6) is 5.75 Å². The van der Waals surface area contributed by atoms with E-state index in [0.717, 1.165) is 76.3 Å². The summed E-state index contributed by atoms with van der Waals surface area (Å²) in [6.07, 6.45) is 7.98. The molecule has 0 spiro atoms. The van der Waals surface area contributed by atoms with Crippen LogP contribution in [0.25, 0.3) is 32.0 Å². The van der Waals surface area contributed by atoms with E-state index in [9.17, 15) is 19.2 Å². The number of hydrogen-bond donors (Lipinski definition) is 0. The first kappa shape index (κ1) is 37.5. The van der Waals surface area contributed by atoms with Gasteiger partial charge in [-0.2, -0.15) is 0 Å². The second-order valence-electron chi connectivity index (χ2n) is 11.4. The SMILES string of the molecule is C=CC(=O)OCCCCCCOC(=O)c1ccc(-c2ccc(-c3ccc(-c4ccc(OC(=O)CCCCCOC(=O)C=C)cc4)s3)cc2)cc1. The zero-order valence-corrected chi connectivity index (χ0v) is 28.9. The molecule has 0 fully saturated rings. The van der Waals surface area contributed by atoms with Crippen LogP contribution in [0.4, 0.5) is 0 Å². The molecule has 0 amide bonds. The summed E-state index contributed by atoms with van der Waals surface area (Å²) in [5.74, 6) is -0.976. The van der Waals surface area contributed by atoms with E-state index in [-0.39, 0.29) is 11.9 Å². The minimum atomic E-state index is -0.438. The lowest BCUT2D eigenvalue weighted by atomic mass is 10.0. The molecule has 0 bridgehead atoms. The van der Waals surface area contributed by atoms with Gasteiger partial charge in [0.25, 0.3) is 0 Å². The fourth-order valence-corrected chi connectivity index (χ4v) is 5.98. The molecule has 1 heterocycles. The standard InChI is InChI=1S/C41H42O8S/c1-3-38(42)46-27-9-5-6-10-29-48-41(45)34-19-15-31(16-20-34)30-13-17-32(18-14-30)36-25-26-37(50-36)33-21-23-35(24-22-33)49-40(44)12-8-7-11-28-47-39(43)4-2/h3-4,13-26H,1-2,5-12,27-29H2. The maximum atomic E-state index is 12.5. The number of rotatable bonds is 20. The van der Waals surface area contributed by atoms with E-state index in [1.165, 1.54) is 0 Å². The Morgan fingerprint density at radius 2 is 0.960 bits per heavy atom. The molecule has 1 aromatic heterocycles. The highest BCUT2D eigenvalue weighted by Crippen LogP contribution is 2.36. The molecule has 0 radical (unpaired) electrons. The van der Waals surface area contributed by atoms with Gasteiger partial charge in [0.2, 0.25) is 0 Å². The molecule has 0 unspecified atom stereocenters. The van der Waals surface area contributed by atoms with Gasteiger partial charge in [-0.05, 0) is 116 Å². The van der Waals surface area contributed by atoms with Crippen LogP contribution in [0.1, 0.15) is 61.7 Å². The van der Waals surface area contributed by atoms with E-state index in [0.29, 0.717) is 50.4 Å². The third-order valence-corrected chi connectivity index (χ3v) is 8.90. The number of hydrogen-bond acceptors (Lipinski definition) is 9. The van der Waals surface area contributed by atoms with Gasteiger partial charge in [0.05, 0.1) is 25.4 Å². The van der Waals surface area contributed by atoms with Crippen molar-refractivity contribution in [3.8, 4) is 37.8 Å². The van der Waals surface area contributed by atoms with E-state index >= 15 is 0 Å². The molecule has 0 saturated carbocycles. The van der Waals surface area contributed by atoms with Gasteiger partial charge in [0.1, 0.15) is 5.75 Å². The van der Waals surface area contributed by atoms with Crippen LogP contribution >= 0.6 is 11.3 Å². The summed E-state index contributed by atoms with van der Waals surface area (Å²) in [6, 6.07) is 27.4. The average molecular weight is 695 g/mol. The number of ether oxygens (including phenoxy) is 4. The zero-order chi connectivity index (χ0) is 35.6. The Bertz CT molecular complexity index is 1720. The lowest BCUT2D eigenvalue weighted by Crippen LogP contribution is -2.08. The van der Waals surface area contributed by atoms with E-state index in [4.69, 9.17) is 18.9 Å². The van der Waals surface area contributed by atoms with Crippen molar-refractivity contribution in [1.82, 2.24) is 0 Å². The quantitative estimate of drug-likeness (QED) is 0.0296. The third-order valence-electron chi connectivity index (χ3n) is 7.72. The number of unbranched alkanes of at least 4 members (excludes halogenated alkanes) is 5. The lowest BCUT2D eigenvalue weighted by Gasteiger charge is -2.07. The Hall–Kier alpha value is -5.28. The summed E-state index contributed by atoms with van der Waals surface area (Å²) >= 11 is 1.68. The summed E-state index contributed by atoms with van der Waals surface area (Å²) in [6.45, 7) is 7.76. The minimum Gasteiger partial charge on any atom is -0.463 e. The van der Waals surface area contributed by atoms with Gasteiger partial charge in [-0.25, -0.2) is 14.4 Å². The molecule has 4 aromatic rings. The zero-order valence-electron chi connectivity index (χ0n) is 28.1. The third kappa shape index (κ3) is 12.3. The number of carbonyl (C=O) groups excluding carboxylic acids is 4. The number of benzene rings is 3. The first-order chi connectivity index (χ1) is 24.4. The number of carbonyl (C=O) groups is 4. The summed E-state index contributed by atoms with van der Waals surface area (Å²) in [5, 5.41) is 0. The molecule has 8 nitrogen and oxygen atoms in total. The molecular weight excluding hydrogens is 653 g/mol. The molecule has 260 valence electrons.